The number of hydrogen-bond donors (Lipinski definition) is 2. The van der Waals surface area contributed by atoms with Gasteiger partial charge in [-0.25, -0.2) is 0 Å². The predicted molar refractivity (Wildman–Crippen MR) is 82.4 cm³/mol. The number of carbonyl (C=O) groups is 3. The van der Waals surface area contributed by atoms with E-state index in [1.165, 1.54) is 25.7 Å². The van der Waals surface area contributed by atoms with Crippen molar-refractivity contribution in [2.45, 2.75) is 72.1 Å². The van der Waals surface area contributed by atoms with E-state index >= 15 is 0 Å². The molecule has 0 amide bonds. The Hall–Kier alpha value is -0.390. The fourth-order valence-electron chi connectivity index (χ4n) is 0.831. The van der Waals surface area contributed by atoms with Crippen molar-refractivity contribution >= 4 is 47.8 Å². The number of carboxylic acid groups (broad SMARTS) is 2. The van der Waals surface area contributed by atoms with Gasteiger partial charge in [-0.3, -0.25) is 9.59 Å². The topological polar surface area (TPSA) is 91.7 Å². The maximum absolute atomic E-state index is 9.84. The molecule has 0 unspecified atom stereocenters. The van der Waals surface area contributed by atoms with Gasteiger partial charge in [0.2, 0.25) is 0 Å². The second-order valence-corrected chi connectivity index (χ2v) is 3.86. The quantitative estimate of drug-likeness (QED) is 0.408. The number of rotatable bonds is 8. The number of aliphatic carboxylic acids is 2. The van der Waals surface area contributed by atoms with Crippen LogP contribution in [0.2, 0.25) is 0 Å². The second-order valence-electron chi connectivity index (χ2n) is 3.86. The van der Waals surface area contributed by atoms with Crippen LogP contribution in [0.15, 0.2) is 0 Å². The van der Waals surface area contributed by atoms with Gasteiger partial charge in [-0.05, 0) is 6.42 Å². The molecular weight excluding hydrogens is 271 g/mol. The average Bonchev–Trinajstić information content (AvgIpc) is 2.40. The molecule has 0 fully saturated rings. The van der Waals surface area contributed by atoms with Crippen LogP contribution in [-0.4, -0.2) is 58.0 Å². The molecule has 0 radical (unpaired) electrons. The van der Waals surface area contributed by atoms with Crippen LogP contribution >= 0.6 is 0 Å². The van der Waals surface area contributed by atoms with E-state index in [9.17, 15) is 14.4 Å². The molecule has 6 heteroatoms. The van der Waals surface area contributed by atoms with E-state index < -0.39 is 11.9 Å². The van der Waals surface area contributed by atoms with E-state index in [1.807, 2.05) is 0 Å². The molecule has 0 aliphatic carbocycles. The summed E-state index contributed by atoms with van der Waals surface area (Å²) in [5.74, 6) is -1.49. The first-order chi connectivity index (χ1) is 8.95. The molecule has 0 bridgehead atoms. The van der Waals surface area contributed by atoms with Crippen molar-refractivity contribution in [2.24, 2.45) is 0 Å². The minimum absolute atomic E-state index is 0. The summed E-state index contributed by atoms with van der Waals surface area (Å²) in [5, 5.41) is 15.4. The molecule has 0 aromatic heterocycles. The molecule has 0 rings (SSSR count). The first-order valence-electron chi connectivity index (χ1n) is 6.83. The monoisotopic (exact) mass is 300 g/mol. The normalized spacial score (nSPS) is 7.95. The van der Waals surface area contributed by atoms with Crippen LogP contribution in [0.25, 0.3) is 0 Å². The Morgan fingerprint density at radius 3 is 1.45 bits per heavy atom. The summed E-state index contributed by atoms with van der Waals surface area (Å²) in [4.78, 5) is 28.6. The third kappa shape index (κ3) is 52.6. The van der Waals surface area contributed by atoms with Gasteiger partial charge in [0.1, 0.15) is 6.29 Å². The summed E-state index contributed by atoms with van der Waals surface area (Å²) in [6.45, 7) is 5.39. The Balaban J connectivity index is -0.000000101. The summed E-state index contributed by atoms with van der Waals surface area (Å²) in [5.41, 5.74) is 0. The van der Waals surface area contributed by atoms with Gasteiger partial charge in [0.05, 0.1) is 0 Å². The Morgan fingerprint density at radius 2 is 1.20 bits per heavy atom. The van der Waals surface area contributed by atoms with Crippen molar-refractivity contribution < 1.29 is 24.6 Å². The first-order valence-corrected chi connectivity index (χ1v) is 6.83. The third-order valence-corrected chi connectivity index (χ3v) is 2.03. The van der Waals surface area contributed by atoms with Crippen LogP contribution in [0.3, 0.4) is 0 Å². The molecule has 5 nitrogen and oxygen atoms in total. The standard InChI is InChI=1S/C8H16O.2C3H6O2.Na.H/c1-2-3-4-5-6-7-8-9;2*1-2-3(4)5;;/h8H,2-7H2,1H3;2*2H2,1H3,(H,4,5);;. The maximum atomic E-state index is 9.84. The van der Waals surface area contributed by atoms with Gasteiger partial charge in [0.15, 0.2) is 0 Å². The van der Waals surface area contributed by atoms with Crippen molar-refractivity contribution in [3.8, 4) is 0 Å². The molecule has 0 aliphatic heterocycles. The van der Waals surface area contributed by atoms with E-state index in [2.05, 4.69) is 6.92 Å². The summed E-state index contributed by atoms with van der Waals surface area (Å²) >= 11 is 0. The number of aldehydes is 1. The number of unbranched alkanes of at least 4 members (excludes halogenated alkanes) is 5. The van der Waals surface area contributed by atoms with Gasteiger partial charge >= 0.3 is 41.5 Å². The molecule has 0 aliphatic rings. The van der Waals surface area contributed by atoms with Gasteiger partial charge in [0, 0.05) is 19.3 Å². The third-order valence-electron chi connectivity index (χ3n) is 2.03. The zero-order valence-corrected chi connectivity index (χ0v) is 12.4. The van der Waals surface area contributed by atoms with Crippen LogP contribution in [0.1, 0.15) is 72.1 Å². The summed E-state index contributed by atoms with van der Waals surface area (Å²) in [6.07, 6.45) is 8.41. The molecule has 0 heterocycles. The number of carboxylic acids is 2. The Bertz CT molecular complexity index is 206. The summed E-state index contributed by atoms with van der Waals surface area (Å²) in [6, 6.07) is 0. The van der Waals surface area contributed by atoms with Crippen LogP contribution in [0.4, 0.5) is 0 Å². The minimum atomic E-state index is -0.745. The Morgan fingerprint density at radius 1 is 0.850 bits per heavy atom. The first kappa shape index (κ1) is 27.9. The number of carbonyl (C=O) groups excluding carboxylic acids is 1. The molecule has 0 aromatic rings. The molecule has 0 atom stereocenters. The van der Waals surface area contributed by atoms with Crippen molar-refractivity contribution in [1.82, 2.24) is 0 Å². The fraction of sp³-hybridized carbons (Fsp3) is 0.786. The van der Waals surface area contributed by atoms with Gasteiger partial charge in [-0.2, -0.15) is 0 Å². The van der Waals surface area contributed by atoms with E-state index in [0.717, 1.165) is 19.1 Å². The molecule has 116 valence electrons. The van der Waals surface area contributed by atoms with Crippen LogP contribution < -0.4 is 0 Å². The zero-order chi connectivity index (χ0) is 15.5. The van der Waals surface area contributed by atoms with E-state index in [4.69, 9.17) is 10.2 Å². The van der Waals surface area contributed by atoms with Crippen LogP contribution in [0, 0.1) is 0 Å². The van der Waals surface area contributed by atoms with Crippen molar-refractivity contribution in [3.63, 3.8) is 0 Å². The molecule has 0 spiro atoms. The molecule has 0 saturated carbocycles. The summed E-state index contributed by atoms with van der Waals surface area (Å²) < 4.78 is 0. The zero-order valence-electron chi connectivity index (χ0n) is 12.4. The average molecular weight is 300 g/mol. The van der Waals surface area contributed by atoms with Gasteiger partial charge in [-0.15, -0.1) is 0 Å². The Kier molecular flexibility index (Phi) is 37.7. The fourth-order valence-corrected chi connectivity index (χ4v) is 0.831. The number of hydrogen-bond acceptors (Lipinski definition) is 3. The van der Waals surface area contributed by atoms with Crippen LogP contribution in [-0.2, 0) is 14.4 Å². The van der Waals surface area contributed by atoms with Crippen molar-refractivity contribution in [3.05, 3.63) is 0 Å². The summed E-state index contributed by atoms with van der Waals surface area (Å²) in [7, 11) is 0. The molecule has 0 aromatic carbocycles. The van der Waals surface area contributed by atoms with E-state index in [0.29, 0.717) is 0 Å². The van der Waals surface area contributed by atoms with Crippen molar-refractivity contribution in [2.75, 3.05) is 0 Å². The van der Waals surface area contributed by atoms with Gasteiger partial charge in [-0.1, -0.05) is 46.5 Å². The van der Waals surface area contributed by atoms with Crippen LogP contribution in [0.5, 0.6) is 0 Å². The second kappa shape index (κ2) is 27.0. The van der Waals surface area contributed by atoms with Crippen molar-refractivity contribution in [1.29, 1.82) is 0 Å². The SMILES string of the molecule is CCC(=O)O.CCC(=O)O.CCCCCCCC=O.[NaH]. The Labute approximate surface area is 144 Å². The van der Waals surface area contributed by atoms with Gasteiger partial charge < -0.3 is 15.0 Å². The van der Waals surface area contributed by atoms with E-state index in [1.54, 1.807) is 13.8 Å². The molecule has 0 saturated heterocycles. The molecule has 20 heavy (non-hydrogen) atoms. The van der Waals surface area contributed by atoms with Gasteiger partial charge in [0.25, 0.3) is 0 Å². The molecule has 2 N–H and O–H groups in total. The predicted octanol–water partition coefficient (Wildman–Crippen LogP) is 2.86. The molecular formula is C14H29NaO5. The van der Waals surface area contributed by atoms with E-state index in [-0.39, 0.29) is 42.4 Å².